The van der Waals surface area contributed by atoms with Gasteiger partial charge < -0.3 is 14.8 Å². The number of ether oxygens (including phenoxy) is 2. The summed E-state index contributed by atoms with van der Waals surface area (Å²) in [5.74, 6) is 0.844. The number of methoxy groups -OCH3 is 1. The molecule has 0 aliphatic heterocycles. The Balaban J connectivity index is 2.13. The molecule has 0 atom stereocenters. The zero-order chi connectivity index (χ0) is 18.2. The predicted molar refractivity (Wildman–Crippen MR) is 95.9 cm³/mol. The molecular weight excluding hydrogens is 363 g/mol. The van der Waals surface area contributed by atoms with Crippen LogP contribution in [0.4, 0.5) is 0 Å². The largest absolute Gasteiger partial charge is 0.497 e. The van der Waals surface area contributed by atoms with Gasteiger partial charge in [-0.25, -0.2) is 0 Å². The number of amides is 1. The molecule has 2 aromatic carbocycles. The van der Waals surface area contributed by atoms with Crippen LogP contribution in [-0.4, -0.2) is 13.0 Å². The first kappa shape index (κ1) is 18.9. The summed E-state index contributed by atoms with van der Waals surface area (Å²) in [6, 6.07) is 12.3. The van der Waals surface area contributed by atoms with E-state index in [1.165, 1.54) is 0 Å². The van der Waals surface area contributed by atoms with Gasteiger partial charge in [0.05, 0.1) is 13.2 Å². The fourth-order valence-corrected chi connectivity index (χ4v) is 2.53. The minimum atomic E-state index is -0.343. The molecule has 25 heavy (non-hydrogen) atoms. The van der Waals surface area contributed by atoms with Crippen molar-refractivity contribution in [1.82, 2.24) is 5.32 Å². The Morgan fingerprint density at radius 2 is 1.96 bits per heavy atom. The Hall–Kier alpha value is -2.42. The number of nitrogens with one attached hydrogen (secondary N) is 1. The van der Waals surface area contributed by atoms with Crippen LogP contribution in [0, 0.1) is 11.3 Å². The van der Waals surface area contributed by atoms with Crippen LogP contribution in [0.1, 0.15) is 17.5 Å². The Labute approximate surface area is 156 Å². The van der Waals surface area contributed by atoms with Gasteiger partial charge >= 0.3 is 0 Å². The van der Waals surface area contributed by atoms with Crippen LogP contribution in [0.5, 0.6) is 11.5 Å². The maximum atomic E-state index is 11.5. The first-order chi connectivity index (χ1) is 12.0. The number of nitrogens with zero attached hydrogens (tertiary/aromatic N) is 1. The normalized spacial score (nSPS) is 10.0. The number of rotatable bonds is 7. The smallest absolute Gasteiger partial charge is 0.234 e. The summed E-state index contributed by atoms with van der Waals surface area (Å²) in [5, 5.41) is 12.3. The van der Waals surface area contributed by atoms with E-state index in [0.29, 0.717) is 21.5 Å². The van der Waals surface area contributed by atoms with Crippen molar-refractivity contribution in [1.29, 1.82) is 5.26 Å². The molecular formula is C18H16Cl2N2O3. The highest BCUT2D eigenvalue weighted by Crippen LogP contribution is 2.27. The van der Waals surface area contributed by atoms with E-state index in [4.69, 9.17) is 37.9 Å². The first-order valence-electron chi connectivity index (χ1n) is 7.40. The molecule has 2 rings (SSSR count). The fourth-order valence-electron chi connectivity index (χ4n) is 2.06. The van der Waals surface area contributed by atoms with E-state index in [1.54, 1.807) is 49.6 Å². The summed E-state index contributed by atoms with van der Waals surface area (Å²) < 4.78 is 11.1. The van der Waals surface area contributed by atoms with Gasteiger partial charge in [-0.05, 0) is 24.3 Å². The van der Waals surface area contributed by atoms with Gasteiger partial charge in [-0.15, -0.1) is 0 Å². The van der Waals surface area contributed by atoms with Gasteiger partial charge in [0.15, 0.2) is 0 Å². The molecule has 0 fully saturated rings. The van der Waals surface area contributed by atoms with Crippen LogP contribution in [-0.2, 0) is 17.9 Å². The molecule has 0 spiro atoms. The van der Waals surface area contributed by atoms with Gasteiger partial charge in [-0.1, -0.05) is 29.3 Å². The van der Waals surface area contributed by atoms with Gasteiger partial charge in [-0.3, -0.25) is 4.79 Å². The fraction of sp³-hybridized carbons (Fsp3) is 0.222. The lowest BCUT2D eigenvalue weighted by Crippen LogP contribution is -2.22. The van der Waals surface area contributed by atoms with Crippen molar-refractivity contribution < 1.29 is 14.3 Å². The number of hydrogen-bond acceptors (Lipinski definition) is 4. The van der Waals surface area contributed by atoms with Crippen molar-refractivity contribution in [3.05, 3.63) is 57.6 Å². The van der Waals surface area contributed by atoms with Gasteiger partial charge in [0.1, 0.15) is 24.5 Å². The lowest BCUT2D eigenvalue weighted by Gasteiger charge is -2.14. The molecule has 0 aliphatic rings. The Morgan fingerprint density at radius 1 is 1.20 bits per heavy atom. The second-order valence-corrected chi connectivity index (χ2v) is 5.95. The molecule has 2 aromatic rings. The Kier molecular flexibility index (Phi) is 6.93. The molecule has 130 valence electrons. The van der Waals surface area contributed by atoms with Crippen LogP contribution in [0.2, 0.25) is 10.0 Å². The van der Waals surface area contributed by atoms with E-state index in [1.807, 2.05) is 0 Å². The summed E-state index contributed by atoms with van der Waals surface area (Å²) in [6.45, 7) is 0.483. The summed E-state index contributed by atoms with van der Waals surface area (Å²) in [5.41, 5.74) is 1.55. The molecule has 0 aliphatic carbocycles. The molecule has 0 bridgehead atoms. The van der Waals surface area contributed by atoms with E-state index >= 15 is 0 Å². The second kappa shape index (κ2) is 9.16. The molecule has 5 nitrogen and oxygen atoms in total. The van der Waals surface area contributed by atoms with Crippen molar-refractivity contribution in [3.8, 4) is 17.6 Å². The molecule has 0 radical (unpaired) electrons. The summed E-state index contributed by atoms with van der Waals surface area (Å²) in [4.78, 5) is 11.5. The standard InChI is InChI=1S/C18H16Cl2N2O3/c1-24-15-5-3-12(10-22-18(23)6-7-21)17(9-15)25-11-13-2-4-14(19)8-16(13)20/h2-5,8-9H,6,10-11H2,1H3,(H,22,23). The number of hydrogen-bond donors (Lipinski definition) is 1. The zero-order valence-corrected chi connectivity index (χ0v) is 15.0. The minimum Gasteiger partial charge on any atom is -0.497 e. The number of carbonyl (C=O) groups excluding carboxylic acids is 1. The summed E-state index contributed by atoms with van der Waals surface area (Å²) in [6.07, 6.45) is -0.188. The highest BCUT2D eigenvalue weighted by Gasteiger charge is 2.10. The average Bonchev–Trinajstić information content (AvgIpc) is 2.59. The number of nitriles is 1. The third kappa shape index (κ3) is 5.56. The maximum Gasteiger partial charge on any atom is 0.234 e. The predicted octanol–water partition coefficient (Wildman–Crippen LogP) is 4.11. The van der Waals surface area contributed by atoms with Crippen LogP contribution >= 0.6 is 23.2 Å². The van der Waals surface area contributed by atoms with Crippen molar-refractivity contribution >= 4 is 29.1 Å². The van der Waals surface area contributed by atoms with Gasteiger partial charge in [0.2, 0.25) is 5.91 Å². The molecule has 0 saturated heterocycles. The summed E-state index contributed by atoms with van der Waals surface area (Å²) >= 11 is 12.0. The van der Waals surface area contributed by atoms with E-state index < -0.39 is 0 Å². The quantitative estimate of drug-likeness (QED) is 0.786. The SMILES string of the molecule is COc1ccc(CNC(=O)CC#N)c(OCc2ccc(Cl)cc2Cl)c1. The Bertz CT molecular complexity index is 803. The van der Waals surface area contributed by atoms with Crippen LogP contribution in [0.15, 0.2) is 36.4 Å². The lowest BCUT2D eigenvalue weighted by atomic mass is 10.1. The third-order valence-electron chi connectivity index (χ3n) is 3.39. The van der Waals surface area contributed by atoms with Gasteiger partial charge in [0.25, 0.3) is 0 Å². The van der Waals surface area contributed by atoms with Crippen LogP contribution < -0.4 is 14.8 Å². The minimum absolute atomic E-state index is 0.188. The van der Waals surface area contributed by atoms with E-state index in [0.717, 1.165) is 11.1 Å². The monoisotopic (exact) mass is 378 g/mol. The number of carbonyl (C=O) groups is 1. The van der Waals surface area contributed by atoms with E-state index in [9.17, 15) is 4.79 Å². The van der Waals surface area contributed by atoms with Crippen molar-refractivity contribution in [2.45, 2.75) is 19.6 Å². The summed E-state index contributed by atoms with van der Waals surface area (Å²) in [7, 11) is 1.56. The third-order valence-corrected chi connectivity index (χ3v) is 3.98. The molecule has 0 aromatic heterocycles. The highest BCUT2D eigenvalue weighted by atomic mass is 35.5. The zero-order valence-electron chi connectivity index (χ0n) is 13.5. The first-order valence-corrected chi connectivity index (χ1v) is 8.16. The van der Waals surface area contributed by atoms with Crippen LogP contribution in [0.25, 0.3) is 0 Å². The van der Waals surface area contributed by atoms with Crippen molar-refractivity contribution in [3.63, 3.8) is 0 Å². The Morgan fingerprint density at radius 3 is 2.64 bits per heavy atom. The van der Waals surface area contributed by atoms with Crippen molar-refractivity contribution in [2.24, 2.45) is 0 Å². The lowest BCUT2D eigenvalue weighted by molar-refractivity contribution is -0.120. The molecule has 1 amide bonds. The molecule has 0 unspecified atom stereocenters. The average molecular weight is 379 g/mol. The molecule has 0 saturated carbocycles. The van der Waals surface area contributed by atoms with E-state index in [-0.39, 0.29) is 25.5 Å². The second-order valence-electron chi connectivity index (χ2n) is 5.11. The van der Waals surface area contributed by atoms with Gasteiger partial charge in [0, 0.05) is 33.8 Å². The number of benzene rings is 2. The molecule has 7 heteroatoms. The number of halogens is 2. The van der Waals surface area contributed by atoms with Crippen molar-refractivity contribution in [2.75, 3.05) is 7.11 Å². The maximum absolute atomic E-state index is 11.5. The molecule has 0 heterocycles. The van der Waals surface area contributed by atoms with Crippen LogP contribution in [0.3, 0.4) is 0 Å². The van der Waals surface area contributed by atoms with Gasteiger partial charge in [-0.2, -0.15) is 5.26 Å². The van der Waals surface area contributed by atoms with E-state index in [2.05, 4.69) is 5.32 Å². The molecule has 1 N–H and O–H groups in total. The topological polar surface area (TPSA) is 71.3 Å². The highest BCUT2D eigenvalue weighted by molar-refractivity contribution is 6.35.